The summed E-state index contributed by atoms with van der Waals surface area (Å²) in [5.74, 6) is 1.56. The number of methoxy groups -OCH3 is 1. The number of hydrogen-bond donors (Lipinski definition) is 1. The third-order valence-electron chi connectivity index (χ3n) is 5.73. The number of carbonyl (C=O) groups excluding carboxylic acids is 1. The zero-order chi connectivity index (χ0) is 19.4. The van der Waals surface area contributed by atoms with Gasteiger partial charge in [-0.25, -0.2) is 4.79 Å². The molecule has 0 heterocycles. The molecule has 0 spiro atoms. The summed E-state index contributed by atoms with van der Waals surface area (Å²) in [7, 11) is 1.67. The molecule has 5 nitrogen and oxygen atoms in total. The Hall–Kier alpha value is -2.69. The lowest BCUT2D eigenvalue weighted by Gasteiger charge is -2.20. The molecular weight excluding hydrogens is 354 g/mol. The van der Waals surface area contributed by atoms with E-state index in [-0.39, 0.29) is 11.5 Å². The molecule has 2 aliphatic rings. The minimum Gasteiger partial charge on any atom is -0.493 e. The summed E-state index contributed by atoms with van der Waals surface area (Å²) in [5, 5.41) is 2.77. The Balaban J connectivity index is 1.41. The minimum absolute atomic E-state index is 0.117. The smallest absolute Gasteiger partial charge is 0.411 e. The number of anilines is 1. The first kappa shape index (κ1) is 18.7. The second kappa shape index (κ2) is 8.13. The van der Waals surface area contributed by atoms with E-state index in [0.29, 0.717) is 6.61 Å². The van der Waals surface area contributed by atoms with Crippen LogP contribution < -0.4 is 14.8 Å². The first-order valence-electron chi connectivity index (χ1n) is 10.0. The van der Waals surface area contributed by atoms with Gasteiger partial charge in [-0.3, -0.25) is 5.32 Å². The Bertz CT molecular complexity index is 811. The van der Waals surface area contributed by atoms with Crippen molar-refractivity contribution in [1.82, 2.24) is 0 Å². The molecule has 5 heteroatoms. The highest BCUT2D eigenvalue weighted by Crippen LogP contribution is 2.50. The summed E-state index contributed by atoms with van der Waals surface area (Å²) in [6.07, 6.45) is 6.49. The van der Waals surface area contributed by atoms with Gasteiger partial charge in [0.05, 0.1) is 13.2 Å². The van der Waals surface area contributed by atoms with Crippen molar-refractivity contribution >= 4 is 11.8 Å². The van der Waals surface area contributed by atoms with Crippen molar-refractivity contribution < 1.29 is 19.0 Å². The summed E-state index contributed by atoms with van der Waals surface area (Å²) in [6, 6.07) is 15.4. The van der Waals surface area contributed by atoms with E-state index in [9.17, 15) is 4.79 Å². The fraction of sp³-hybridized carbons (Fsp3) is 0.435. The standard InChI is InChI=1S/C23H27NO4/c1-26-20-12-11-17(15-21(20)28-19-9-5-6-10-19)23(13-14-23)16-27-22(25)24-18-7-3-2-4-8-18/h2-4,7-8,11-12,15,19H,5-6,9-10,13-14,16H2,1H3,(H,24,25). The SMILES string of the molecule is COc1ccc(C2(COC(=O)Nc3ccccc3)CC2)cc1OC1CCCC1. The lowest BCUT2D eigenvalue weighted by Crippen LogP contribution is -2.22. The first-order chi connectivity index (χ1) is 13.7. The lowest BCUT2D eigenvalue weighted by atomic mass is 9.96. The van der Waals surface area contributed by atoms with Crippen molar-refractivity contribution in [3.05, 3.63) is 54.1 Å². The number of carbonyl (C=O) groups is 1. The van der Waals surface area contributed by atoms with E-state index in [1.54, 1.807) is 7.11 Å². The molecular formula is C23H27NO4. The molecule has 0 radical (unpaired) electrons. The first-order valence-corrected chi connectivity index (χ1v) is 10.0. The van der Waals surface area contributed by atoms with Crippen LogP contribution in [0.4, 0.5) is 10.5 Å². The van der Waals surface area contributed by atoms with Gasteiger partial charge in [0.2, 0.25) is 0 Å². The van der Waals surface area contributed by atoms with Crippen LogP contribution >= 0.6 is 0 Å². The van der Waals surface area contributed by atoms with E-state index in [1.165, 1.54) is 12.8 Å². The van der Waals surface area contributed by atoms with Crippen molar-refractivity contribution in [2.75, 3.05) is 19.0 Å². The van der Waals surface area contributed by atoms with Crippen LogP contribution in [0.3, 0.4) is 0 Å². The van der Waals surface area contributed by atoms with Gasteiger partial charge in [0.25, 0.3) is 0 Å². The normalized spacial score (nSPS) is 17.8. The number of hydrogen-bond acceptors (Lipinski definition) is 4. The van der Waals surface area contributed by atoms with Gasteiger partial charge in [-0.2, -0.15) is 0 Å². The van der Waals surface area contributed by atoms with Gasteiger partial charge < -0.3 is 14.2 Å². The maximum absolute atomic E-state index is 12.1. The fourth-order valence-electron chi connectivity index (χ4n) is 3.83. The monoisotopic (exact) mass is 381 g/mol. The zero-order valence-corrected chi connectivity index (χ0v) is 16.3. The van der Waals surface area contributed by atoms with Crippen molar-refractivity contribution in [3.63, 3.8) is 0 Å². The van der Waals surface area contributed by atoms with Crippen molar-refractivity contribution in [3.8, 4) is 11.5 Å². The summed E-state index contributed by atoms with van der Waals surface area (Å²) in [4.78, 5) is 12.1. The molecule has 0 saturated heterocycles. The van der Waals surface area contributed by atoms with Gasteiger partial charge in [-0.15, -0.1) is 0 Å². The average molecular weight is 381 g/mol. The molecule has 0 unspecified atom stereocenters. The third-order valence-corrected chi connectivity index (χ3v) is 5.73. The summed E-state index contributed by atoms with van der Waals surface area (Å²) in [5.41, 5.74) is 1.76. The van der Waals surface area contributed by atoms with Gasteiger partial charge >= 0.3 is 6.09 Å². The quantitative estimate of drug-likeness (QED) is 0.707. The van der Waals surface area contributed by atoms with Crippen LogP contribution in [-0.2, 0) is 10.2 Å². The van der Waals surface area contributed by atoms with Crippen LogP contribution in [0, 0.1) is 0 Å². The number of rotatable bonds is 7. The Morgan fingerprint density at radius 1 is 1.07 bits per heavy atom. The van der Waals surface area contributed by atoms with Gasteiger partial charge in [0.15, 0.2) is 11.5 Å². The fourth-order valence-corrected chi connectivity index (χ4v) is 3.83. The minimum atomic E-state index is -0.423. The molecule has 28 heavy (non-hydrogen) atoms. The van der Waals surface area contributed by atoms with Crippen LogP contribution in [0.1, 0.15) is 44.1 Å². The summed E-state index contributed by atoms with van der Waals surface area (Å²) in [6.45, 7) is 0.362. The van der Waals surface area contributed by atoms with E-state index >= 15 is 0 Å². The van der Waals surface area contributed by atoms with Gasteiger partial charge in [-0.1, -0.05) is 24.3 Å². The molecule has 148 valence electrons. The molecule has 1 amide bonds. The van der Waals surface area contributed by atoms with Crippen molar-refractivity contribution in [2.45, 2.75) is 50.0 Å². The molecule has 2 saturated carbocycles. The van der Waals surface area contributed by atoms with Crippen molar-refractivity contribution in [1.29, 1.82) is 0 Å². The molecule has 0 atom stereocenters. The Kier molecular flexibility index (Phi) is 5.42. The van der Waals surface area contributed by atoms with E-state index in [4.69, 9.17) is 14.2 Å². The van der Waals surface area contributed by atoms with E-state index < -0.39 is 6.09 Å². The predicted octanol–water partition coefficient (Wildman–Crippen LogP) is 5.30. The highest BCUT2D eigenvalue weighted by Gasteiger charge is 2.46. The maximum Gasteiger partial charge on any atom is 0.411 e. The zero-order valence-electron chi connectivity index (χ0n) is 16.3. The number of nitrogens with one attached hydrogen (secondary N) is 1. The summed E-state index contributed by atoms with van der Waals surface area (Å²) >= 11 is 0. The number of para-hydroxylation sites is 1. The Morgan fingerprint density at radius 3 is 2.50 bits per heavy atom. The number of ether oxygens (including phenoxy) is 3. The largest absolute Gasteiger partial charge is 0.493 e. The molecule has 2 aromatic rings. The highest BCUT2D eigenvalue weighted by atomic mass is 16.5. The number of benzene rings is 2. The van der Waals surface area contributed by atoms with Gasteiger partial charge in [-0.05, 0) is 68.4 Å². The second-order valence-corrected chi connectivity index (χ2v) is 7.74. The molecule has 2 aromatic carbocycles. The summed E-state index contributed by atoms with van der Waals surface area (Å²) < 4.78 is 17.2. The van der Waals surface area contributed by atoms with E-state index in [1.807, 2.05) is 36.4 Å². The molecule has 0 bridgehead atoms. The average Bonchev–Trinajstić information content (AvgIpc) is 3.35. The Labute approximate surface area is 166 Å². The Morgan fingerprint density at radius 2 is 1.82 bits per heavy atom. The molecule has 2 fully saturated rings. The van der Waals surface area contributed by atoms with Crippen molar-refractivity contribution in [2.24, 2.45) is 0 Å². The molecule has 0 aromatic heterocycles. The molecule has 1 N–H and O–H groups in total. The predicted molar refractivity (Wildman–Crippen MR) is 108 cm³/mol. The second-order valence-electron chi connectivity index (χ2n) is 7.74. The highest BCUT2D eigenvalue weighted by molar-refractivity contribution is 5.84. The van der Waals surface area contributed by atoms with Crippen LogP contribution in [-0.4, -0.2) is 25.9 Å². The van der Waals surface area contributed by atoms with Gasteiger partial charge in [0, 0.05) is 11.1 Å². The topological polar surface area (TPSA) is 56.8 Å². The van der Waals surface area contributed by atoms with Crippen LogP contribution in [0.15, 0.2) is 48.5 Å². The number of amides is 1. The molecule has 2 aliphatic carbocycles. The van der Waals surface area contributed by atoms with E-state index in [2.05, 4.69) is 17.4 Å². The van der Waals surface area contributed by atoms with Crippen LogP contribution in [0.25, 0.3) is 0 Å². The van der Waals surface area contributed by atoms with Crippen LogP contribution in [0.2, 0.25) is 0 Å². The van der Waals surface area contributed by atoms with Crippen LogP contribution in [0.5, 0.6) is 11.5 Å². The maximum atomic E-state index is 12.1. The molecule has 4 rings (SSSR count). The third kappa shape index (κ3) is 4.24. The molecule has 0 aliphatic heterocycles. The van der Waals surface area contributed by atoms with Gasteiger partial charge in [0.1, 0.15) is 6.61 Å². The van der Waals surface area contributed by atoms with E-state index in [0.717, 1.165) is 48.4 Å². The lowest BCUT2D eigenvalue weighted by molar-refractivity contribution is 0.149.